The van der Waals surface area contributed by atoms with E-state index in [9.17, 15) is 9.18 Å². The smallest absolute Gasteiger partial charge is 0.374 e. The Hall–Kier alpha value is -1.89. The molecule has 0 aliphatic heterocycles. The van der Waals surface area contributed by atoms with Gasteiger partial charge >= 0.3 is 5.97 Å². The van der Waals surface area contributed by atoms with Gasteiger partial charge in [-0.1, -0.05) is 5.16 Å². The lowest BCUT2D eigenvalue weighted by atomic mass is 10.1. The number of ether oxygens (including phenoxy) is 1. The zero-order chi connectivity index (χ0) is 15.0. The molecule has 0 atom stereocenters. The summed E-state index contributed by atoms with van der Waals surface area (Å²) in [7, 11) is 0. The maximum Gasteiger partial charge on any atom is 0.374 e. The molecule has 110 valence electrons. The van der Waals surface area contributed by atoms with Gasteiger partial charge in [-0.05, 0) is 46.8 Å². The van der Waals surface area contributed by atoms with E-state index in [1.165, 1.54) is 18.2 Å². The summed E-state index contributed by atoms with van der Waals surface area (Å²) in [5.41, 5.74) is 0.581. The van der Waals surface area contributed by atoms with E-state index in [-0.39, 0.29) is 11.5 Å². The highest BCUT2D eigenvalue weighted by molar-refractivity contribution is 9.10. The molecule has 0 radical (unpaired) electrons. The van der Waals surface area contributed by atoms with E-state index in [0.717, 1.165) is 12.8 Å². The number of hydrogen-bond donors (Lipinski definition) is 1. The Morgan fingerprint density at radius 2 is 2.24 bits per heavy atom. The summed E-state index contributed by atoms with van der Waals surface area (Å²) < 4.78 is 24.5. The standard InChI is InChI=1S/C14H11BrFNO4/c15-10-4-8(16)3-9(13(10)20-6-7-1-2-7)11-5-12(14(18)19)21-17-11/h3-5,7H,1-2,6H2,(H,18,19). The van der Waals surface area contributed by atoms with Crippen molar-refractivity contribution in [2.24, 2.45) is 5.92 Å². The molecule has 1 aliphatic rings. The average molecular weight is 356 g/mol. The van der Waals surface area contributed by atoms with Crippen molar-refractivity contribution in [1.82, 2.24) is 5.16 Å². The van der Waals surface area contributed by atoms with Gasteiger partial charge in [-0.2, -0.15) is 0 Å². The number of carbonyl (C=O) groups is 1. The van der Waals surface area contributed by atoms with Gasteiger partial charge < -0.3 is 14.4 Å². The van der Waals surface area contributed by atoms with Crippen LogP contribution in [0.2, 0.25) is 0 Å². The van der Waals surface area contributed by atoms with Crippen LogP contribution in [0, 0.1) is 11.7 Å². The lowest BCUT2D eigenvalue weighted by Gasteiger charge is -2.11. The number of aromatic nitrogens is 1. The minimum atomic E-state index is -1.23. The summed E-state index contributed by atoms with van der Waals surface area (Å²) in [5, 5.41) is 12.5. The van der Waals surface area contributed by atoms with Crippen molar-refractivity contribution < 1.29 is 23.6 Å². The van der Waals surface area contributed by atoms with Gasteiger partial charge in [0.05, 0.1) is 11.1 Å². The summed E-state index contributed by atoms with van der Waals surface area (Å²) in [6.45, 7) is 0.543. The van der Waals surface area contributed by atoms with Crippen molar-refractivity contribution in [3.05, 3.63) is 34.2 Å². The van der Waals surface area contributed by atoms with Crippen LogP contribution in [0.25, 0.3) is 11.3 Å². The van der Waals surface area contributed by atoms with Gasteiger partial charge in [0.1, 0.15) is 17.3 Å². The third kappa shape index (κ3) is 3.07. The maximum atomic E-state index is 13.6. The van der Waals surface area contributed by atoms with Crippen molar-refractivity contribution >= 4 is 21.9 Å². The zero-order valence-electron chi connectivity index (χ0n) is 10.8. The van der Waals surface area contributed by atoms with Crippen molar-refractivity contribution in [2.75, 3.05) is 6.61 Å². The van der Waals surface area contributed by atoms with Crippen LogP contribution in [0.15, 0.2) is 27.2 Å². The van der Waals surface area contributed by atoms with Crippen LogP contribution in [0.1, 0.15) is 23.4 Å². The minimum absolute atomic E-state index is 0.221. The molecule has 0 spiro atoms. The predicted molar refractivity (Wildman–Crippen MR) is 74.8 cm³/mol. The van der Waals surface area contributed by atoms with Gasteiger partial charge in [-0.3, -0.25) is 0 Å². The van der Waals surface area contributed by atoms with Crippen LogP contribution in [0.5, 0.6) is 5.75 Å². The Bertz CT molecular complexity index is 696. The lowest BCUT2D eigenvalue weighted by Crippen LogP contribution is -2.02. The first-order valence-corrected chi connectivity index (χ1v) is 7.16. The van der Waals surface area contributed by atoms with Gasteiger partial charge in [0, 0.05) is 11.6 Å². The minimum Gasteiger partial charge on any atom is -0.491 e. The van der Waals surface area contributed by atoms with Crippen LogP contribution >= 0.6 is 15.9 Å². The Labute approximate surface area is 127 Å². The van der Waals surface area contributed by atoms with Gasteiger partial charge in [0.2, 0.25) is 5.76 Å². The SMILES string of the molecule is O=C(O)c1cc(-c2cc(F)cc(Br)c2OCC2CC2)no1. The number of aromatic carboxylic acids is 1. The number of carboxylic acid groups (broad SMARTS) is 1. The van der Waals surface area contributed by atoms with Crippen molar-refractivity contribution in [2.45, 2.75) is 12.8 Å². The fraction of sp³-hybridized carbons (Fsp3) is 0.286. The first-order chi connectivity index (χ1) is 10.0. The van der Waals surface area contributed by atoms with Crippen molar-refractivity contribution in [3.63, 3.8) is 0 Å². The fourth-order valence-corrected chi connectivity index (χ4v) is 2.43. The second-order valence-electron chi connectivity index (χ2n) is 4.90. The Morgan fingerprint density at radius 3 is 2.86 bits per heavy atom. The van der Waals surface area contributed by atoms with E-state index < -0.39 is 11.8 Å². The zero-order valence-corrected chi connectivity index (χ0v) is 12.4. The molecule has 1 N–H and O–H groups in total. The third-order valence-corrected chi connectivity index (χ3v) is 3.75. The maximum absolute atomic E-state index is 13.6. The van der Waals surface area contributed by atoms with E-state index in [1.54, 1.807) is 0 Å². The molecule has 1 aliphatic carbocycles. The second kappa shape index (κ2) is 5.48. The van der Waals surface area contributed by atoms with Crippen molar-refractivity contribution in [3.8, 4) is 17.0 Å². The van der Waals surface area contributed by atoms with Gasteiger partial charge in [-0.15, -0.1) is 0 Å². The van der Waals surface area contributed by atoms with E-state index >= 15 is 0 Å². The number of nitrogens with zero attached hydrogens (tertiary/aromatic N) is 1. The Morgan fingerprint density at radius 1 is 1.48 bits per heavy atom. The summed E-state index contributed by atoms with van der Waals surface area (Å²) in [6.07, 6.45) is 2.25. The molecule has 5 nitrogen and oxygen atoms in total. The molecule has 3 rings (SSSR count). The quantitative estimate of drug-likeness (QED) is 0.884. The Balaban J connectivity index is 1.99. The molecule has 1 fully saturated rings. The predicted octanol–water partition coefficient (Wildman–Crippen LogP) is 3.73. The number of rotatable bonds is 5. The van der Waals surface area contributed by atoms with Crippen LogP contribution in [0.4, 0.5) is 4.39 Å². The second-order valence-corrected chi connectivity index (χ2v) is 5.75. The molecular formula is C14H11BrFNO4. The van der Waals surface area contributed by atoms with Gasteiger partial charge in [0.25, 0.3) is 0 Å². The molecule has 1 heterocycles. The highest BCUT2D eigenvalue weighted by Crippen LogP contribution is 2.39. The molecule has 0 bridgehead atoms. The number of halogens is 2. The van der Waals surface area contributed by atoms with Gasteiger partial charge in [0.15, 0.2) is 0 Å². The molecule has 0 unspecified atom stereocenters. The lowest BCUT2D eigenvalue weighted by molar-refractivity contribution is 0.0652. The highest BCUT2D eigenvalue weighted by atomic mass is 79.9. The topological polar surface area (TPSA) is 72.6 Å². The Kier molecular flexibility index (Phi) is 3.67. The molecule has 0 amide bonds. The summed E-state index contributed by atoms with van der Waals surface area (Å²) in [4.78, 5) is 10.8. The number of benzene rings is 1. The highest BCUT2D eigenvalue weighted by Gasteiger charge is 2.24. The molecule has 7 heteroatoms. The first kappa shape index (κ1) is 14.1. The normalized spacial score (nSPS) is 14.2. The van der Waals surface area contributed by atoms with E-state index in [2.05, 4.69) is 21.1 Å². The third-order valence-electron chi connectivity index (χ3n) is 3.17. The fourth-order valence-electron chi connectivity index (χ4n) is 1.89. The summed E-state index contributed by atoms with van der Waals surface area (Å²) in [6, 6.07) is 3.79. The monoisotopic (exact) mass is 355 g/mol. The van der Waals surface area contributed by atoms with E-state index in [0.29, 0.717) is 28.3 Å². The van der Waals surface area contributed by atoms with E-state index in [4.69, 9.17) is 14.4 Å². The molecule has 21 heavy (non-hydrogen) atoms. The summed E-state index contributed by atoms with van der Waals surface area (Å²) >= 11 is 3.26. The van der Waals surface area contributed by atoms with Crippen LogP contribution in [-0.4, -0.2) is 22.8 Å². The first-order valence-electron chi connectivity index (χ1n) is 6.37. The van der Waals surface area contributed by atoms with Crippen molar-refractivity contribution in [1.29, 1.82) is 0 Å². The average Bonchev–Trinajstić information content (AvgIpc) is 3.11. The van der Waals surface area contributed by atoms with Crippen LogP contribution < -0.4 is 4.74 Å². The largest absolute Gasteiger partial charge is 0.491 e. The molecule has 1 aromatic heterocycles. The van der Waals surface area contributed by atoms with Crippen LogP contribution in [-0.2, 0) is 0 Å². The number of hydrogen-bond acceptors (Lipinski definition) is 4. The molecule has 2 aromatic rings. The molecule has 1 aromatic carbocycles. The molecule has 1 saturated carbocycles. The molecular weight excluding hydrogens is 345 g/mol. The summed E-state index contributed by atoms with van der Waals surface area (Å²) in [5.74, 6) is -1.05. The number of carboxylic acids is 1. The van der Waals surface area contributed by atoms with Gasteiger partial charge in [-0.25, -0.2) is 9.18 Å². The van der Waals surface area contributed by atoms with E-state index in [1.807, 2.05) is 0 Å². The van der Waals surface area contributed by atoms with Crippen LogP contribution in [0.3, 0.4) is 0 Å². The molecule has 0 saturated heterocycles.